The van der Waals surface area contributed by atoms with E-state index in [4.69, 9.17) is 0 Å². The van der Waals surface area contributed by atoms with E-state index < -0.39 is 10.9 Å². The fourth-order valence-corrected chi connectivity index (χ4v) is 2.18. The van der Waals surface area contributed by atoms with E-state index in [9.17, 15) is 14.9 Å². The Labute approximate surface area is 144 Å². The number of nitro benzene ring substituents is 1. The largest absolute Gasteiger partial charge is 0.466 e. The summed E-state index contributed by atoms with van der Waals surface area (Å²) in [4.78, 5) is 25.9. The smallest absolute Gasteiger partial charge is 0.330 e. The van der Waals surface area contributed by atoms with Crippen LogP contribution in [0.2, 0.25) is 0 Å². The van der Waals surface area contributed by atoms with Gasteiger partial charge in [-0.15, -0.1) is 0 Å². The molecule has 25 heavy (non-hydrogen) atoms. The molecule has 1 aromatic carbocycles. The molecule has 2 aromatic rings. The molecule has 0 saturated carbocycles. The topological polar surface area (TPSA) is 112 Å². The summed E-state index contributed by atoms with van der Waals surface area (Å²) in [6, 6.07) is 4.51. The molecule has 0 radical (unpaired) electrons. The average Bonchev–Trinajstić information content (AvgIpc) is 3.14. The molecule has 1 N–H and O–H groups in total. The maximum atomic E-state index is 11.4. The van der Waals surface area contributed by atoms with Gasteiger partial charge in [-0.25, -0.2) is 14.5 Å². The third-order valence-corrected chi connectivity index (χ3v) is 3.79. The molecule has 0 unspecified atom stereocenters. The summed E-state index contributed by atoms with van der Waals surface area (Å²) in [5.74, 6) is -0.528. The van der Waals surface area contributed by atoms with Gasteiger partial charge in [-0.2, -0.15) is 5.10 Å². The Bertz CT molecular complexity index is 773. The van der Waals surface area contributed by atoms with Crippen molar-refractivity contribution in [2.24, 2.45) is 0 Å². The molecule has 0 aliphatic heterocycles. The van der Waals surface area contributed by atoms with E-state index in [1.165, 1.54) is 31.7 Å². The summed E-state index contributed by atoms with van der Waals surface area (Å²) in [5.41, 5.74) is 0.837. The Balaban J connectivity index is 2.21. The molecule has 0 amide bonds. The summed E-state index contributed by atoms with van der Waals surface area (Å²) in [6.45, 7) is 3.84. The van der Waals surface area contributed by atoms with Crippen LogP contribution in [0.4, 0.5) is 11.4 Å². The van der Waals surface area contributed by atoms with Gasteiger partial charge < -0.3 is 10.1 Å². The minimum atomic E-state index is -0.528. The molecule has 1 aromatic heterocycles. The summed E-state index contributed by atoms with van der Waals surface area (Å²) in [6.07, 6.45) is 5.71. The molecule has 132 valence electrons. The van der Waals surface area contributed by atoms with Crippen molar-refractivity contribution >= 4 is 23.4 Å². The van der Waals surface area contributed by atoms with Crippen molar-refractivity contribution in [2.45, 2.75) is 25.9 Å². The van der Waals surface area contributed by atoms with Gasteiger partial charge in [0.05, 0.1) is 18.1 Å². The zero-order valence-electron chi connectivity index (χ0n) is 14.1. The van der Waals surface area contributed by atoms with Crippen LogP contribution in [0, 0.1) is 10.1 Å². The SMILES string of the molecule is COC(=O)/C=C/c1ccc(N[C@H](C)[C@H](C)n2cncn2)c([N+](=O)[O-])c1. The molecule has 0 saturated heterocycles. The Morgan fingerprint density at radius 1 is 1.44 bits per heavy atom. The number of benzene rings is 1. The first-order chi connectivity index (χ1) is 11.9. The predicted octanol–water partition coefficient (Wildman–Crippen LogP) is 2.43. The maximum absolute atomic E-state index is 11.4. The van der Waals surface area contributed by atoms with E-state index in [1.54, 1.807) is 23.1 Å². The second-order valence-corrected chi connectivity index (χ2v) is 5.44. The summed E-state index contributed by atoms with van der Waals surface area (Å²) < 4.78 is 6.18. The zero-order valence-corrected chi connectivity index (χ0v) is 14.1. The number of anilines is 1. The number of rotatable bonds is 7. The first-order valence-electron chi connectivity index (χ1n) is 7.57. The fraction of sp³-hybridized carbons (Fsp3) is 0.312. The fourth-order valence-electron chi connectivity index (χ4n) is 2.18. The van der Waals surface area contributed by atoms with Crippen molar-refractivity contribution in [3.8, 4) is 0 Å². The van der Waals surface area contributed by atoms with Crippen LogP contribution in [0.1, 0.15) is 25.5 Å². The highest BCUT2D eigenvalue weighted by atomic mass is 16.6. The molecule has 9 heteroatoms. The van der Waals surface area contributed by atoms with E-state index in [2.05, 4.69) is 20.1 Å². The average molecular weight is 345 g/mol. The van der Waals surface area contributed by atoms with E-state index in [0.29, 0.717) is 11.3 Å². The van der Waals surface area contributed by atoms with E-state index >= 15 is 0 Å². The van der Waals surface area contributed by atoms with Gasteiger partial charge in [0.2, 0.25) is 0 Å². The number of esters is 1. The van der Waals surface area contributed by atoms with Gasteiger partial charge in [-0.05, 0) is 31.6 Å². The van der Waals surface area contributed by atoms with Gasteiger partial charge in [0.25, 0.3) is 5.69 Å². The number of nitrogens with zero attached hydrogens (tertiary/aromatic N) is 4. The number of carbonyl (C=O) groups is 1. The van der Waals surface area contributed by atoms with Gasteiger partial charge in [0.1, 0.15) is 18.3 Å². The van der Waals surface area contributed by atoms with Crippen molar-refractivity contribution < 1.29 is 14.5 Å². The Kier molecular flexibility index (Phi) is 5.83. The van der Waals surface area contributed by atoms with Crippen molar-refractivity contribution in [1.29, 1.82) is 0 Å². The lowest BCUT2D eigenvalue weighted by atomic mass is 10.1. The second kappa shape index (κ2) is 8.04. The number of hydrogen-bond donors (Lipinski definition) is 1. The van der Waals surface area contributed by atoms with Crippen molar-refractivity contribution in [3.63, 3.8) is 0 Å². The molecule has 0 bridgehead atoms. The lowest BCUT2D eigenvalue weighted by molar-refractivity contribution is -0.384. The van der Waals surface area contributed by atoms with Gasteiger partial charge in [0.15, 0.2) is 0 Å². The summed E-state index contributed by atoms with van der Waals surface area (Å²) in [7, 11) is 1.26. The molecular weight excluding hydrogens is 326 g/mol. The van der Waals surface area contributed by atoms with E-state index in [0.717, 1.165) is 0 Å². The van der Waals surface area contributed by atoms with Crippen molar-refractivity contribution in [2.75, 3.05) is 12.4 Å². The summed E-state index contributed by atoms with van der Waals surface area (Å²) in [5, 5.41) is 18.6. The number of carbonyl (C=O) groups excluding carboxylic acids is 1. The van der Waals surface area contributed by atoms with Gasteiger partial charge in [-0.3, -0.25) is 10.1 Å². The van der Waals surface area contributed by atoms with Gasteiger partial charge >= 0.3 is 5.97 Å². The number of hydrogen-bond acceptors (Lipinski definition) is 7. The van der Waals surface area contributed by atoms with Crippen LogP contribution >= 0.6 is 0 Å². The standard InChI is InChI=1S/C16H19N5O4/c1-11(12(2)20-10-17-9-18-20)19-14-6-4-13(5-7-16(22)25-3)8-15(14)21(23)24/h4-12,19H,1-3H3/b7-5+/t11-,12+/m1/s1. The highest BCUT2D eigenvalue weighted by molar-refractivity contribution is 5.87. The van der Waals surface area contributed by atoms with E-state index in [1.807, 2.05) is 13.8 Å². The number of aromatic nitrogens is 3. The van der Waals surface area contributed by atoms with Crippen LogP contribution in [-0.4, -0.2) is 38.8 Å². The van der Waals surface area contributed by atoms with Crippen LogP contribution in [0.3, 0.4) is 0 Å². The van der Waals surface area contributed by atoms with E-state index in [-0.39, 0.29) is 17.8 Å². The monoisotopic (exact) mass is 345 g/mol. The third-order valence-electron chi connectivity index (χ3n) is 3.79. The Morgan fingerprint density at radius 2 is 2.20 bits per heavy atom. The first kappa shape index (κ1) is 18.1. The lowest BCUT2D eigenvalue weighted by Crippen LogP contribution is -2.27. The van der Waals surface area contributed by atoms with Crippen LogP contribution < -0.4 is 5.32 Å². The molecule has 0 fully saturated rings. The maximum Gasteiger partial charge on any atom is 0.330 e. The molecule has 9 nitrogen and oxygen atoms in total. The minimum Gasteiger partial charge on any atom is -0.466 e. The molecule has 1 heterocycles. The Morgan fingerprint density at radius 3 is 2.80 bits per heavy atom. The van der Waals surface area contributed by atoms with Crippen molar-refractivity contribution in [3.05, 3.63) is 52.6 Å². The molecule has 0 spiro atoms. The third kappa shape index (κ3) is 4.63. The zero-order chi connectivity index (χ0) is 18.4. The lowest BCUT2D eigenvalue weighted by Gasteiger charge is -2.22. The highest BCUT2D eigenvalue weighted by Gasteiger charge is 2.20. The highest BCUT2D eigenvalue weighted by Crippen LogP contribution is 2.28. The normalized spacial score (nSPS) is 13.4. The molecule has 0 aliphatic rings. The Hall–Kier alpha value is -3.23. The summed E-state index contributed by atoms with van der Waals surface area (Å²) >= 11 is 0. The quantitative estimate of drug-likeness (QED) is 0.355. The van der Waals surface area contributed by atoms with Crippen LogP contribution in [0.25, 0.3) is 6.08 Å². The molecular formula is C16H19N5O4. The van der Waals surface area contributed by atoms with Crippen molar-refractivity contribution in [1.82, 2.24) is 14.8 Å². The number of nitrogens with one attached hydrogen (secondary N) is 1. The van der Waals surface area contributed by atoms with Crippen LogP contribution in [-0.2, 0) is 9.53 Å². The van der Waals surface area contributed by atoms with Crippen LogP contribution in [0.5, 0.6) is 0 Å². The second-order valence-electron chi connectivity index (χ2n) is 5.44. The number of ether oxygens (including phenoxy) is 1. The predicted molar refractivity (Wildman–Crippen MR) is 92.0 cm³/mol. The molecule has 2 rings (SSSR count). The molecule has 2 atom stereocenters. The first-order valence-corrected chi connectivity index (χ1v) is 7.57. The number of methoxy groups -OCH3 is 1. The number of nitro groups is 1. The van der Waals surface area contributed by atoms with Gasteiger partial charge in [-0.1, -0.05) is 6.07 Å². The van der Waals surface area contributed by atoms with Crippen LogP contribution in [0.15, 0.2) is 36.9 Å². The minimum absolute atomic E-state index is 0.0546. The molecule has 0 aliphatic carbocycles. The van der Waals surface area contributed by atoms with Gasteiger partial charge in [0, 0.05) is 18.2 Å².